The van der Waals surface area contributed by atoms with Crippen LogP contribution in [0.2, 0.25) is 0 Å². The summed E-state index contributed by atoms with van der Waals surface area (Å²) in [4.78, 5) is 11.9. The molecule has 0 fully saturated rings. The number of thiophene rings is 1. The molecule has 0 aliphatic carbocycles. The van der Waals surface area contributed by atoms with Crippen LogP contribution in [0.4, 0.5) is 10.7 Å². The Kier molecular flexibility index (Phi) is 2.54. The van der Waals surface area contributed by atoms with Gasteiger partial charge in [0.2, 0.25) is 0 Å². The molecule has 0 saturated carbocycles. The van der Waals surface area contributed by atoms with Crippen molar-refractivity contribution in [3.05, 3.63) is 35.9 Å². The molecule has 4 nitrogen and oxygen atoms in total. The van der Waals surface area contributed by atoms with Crippen LogP contribution < -0.4 is 17.2 Å². The van der Waals surface area contributed by atoms with E-state index in [1.54, 1.807) is 12.1 Å². The lowest BCUT2D eigenvalue weighted by atomic mass is 10.1. The Hall–Kier alpha value is -2.01. The van der Waals surface area contributed by atoms with Crippen LogP contribution in [0.5, 0.6) is 0 Å². The van der Waals surface area contributed by atoms with Crippen LogP contribution >= 0.6 is 11.3 Å². The molecule has 1 heterocycles. The van der Waals surface area contributed by atoms with Crippen molar-refractivity contribution < 1.29 is 4.79 Å². The Morgan fingerprint density at radius 1 is 1.19 bits per heavy atom. The van der Waals surface area contributed by atoms with Crippen molar-refractivity contribution >= 4 is 27.9 Å². The summed E-state index contributed by atoms with van der Waals surface area (Å²) in [5.41, 5.74) is 18.6. The number of carbonyl (C=O) groups excluding carboxylic acids is 1. The minimum atomic E-state index is -0.519. The number of hydrogen-bond acceptors (Lipinski definition) is 4. The van der Waals surface area contributed by atoms with Crippen molar-refractivity contribution in [1.82, 2.24) is 0 Å². The lowest BCUT2D eigenvalue weighted by molar-refractivity contribution is 0.100. The zero-order chi connectivity index (χ0) is 11.7. The average Bonchev–Trinajstić information content (AvgIpc) is 2.61. The molecule has 1 aromatic heterocycles. The maximum atomic E-state index is 11.1. The van der Waals surface area contributed by atoms with Crippen LogP contribution in [0, 0.1) is 0 Å². The summed E-state index contributed by atoms with van der Waals surface area (Å²) in [7, 11) is 0. The molecule has 5 heteroatoms. The predicted octanol–water partition coefficient (Wildman–Crippen LogP) is 1.68. The smallest absolute Gasteiger partial charge is 0.251 e. The third-order valence-electron chi connectivity index (χ3n) is 2.25. The molecule has 2 rings (SSSR count). The Morgan fingerprint density at radius 3 is 2.44 bits per heavy atom. The fourth-order valence-corrected chi connectivity index (χ4v) is 2.43. The van der Waals surface area contributed by atoms with Gasteiger partial charge in [-0.15, -0.1) is 11.3 Å². The summed E-state index contributed by atoms with van der Waals surface area (Å²) in [6.07, 6.45) is 0. The van der Waals surface area contributed by atoms with E-state index in [-0.39, 0.29) is 0 Å². The number of nitrogen functional groups attached to an aromatic ring is 2. The number of anilines is 2. The van der Waals surface area contributed by atoms with Crippen molar-refractivity contribution in [3.63, 3.8) is 0 Å². The van der Waals surface area contributed by atoms with Gasteiger partial charge in [-0.3, -0.25) is 4.79 Å². The Morgan fingerprint density at radius 2 is 1.88 bits per heavy atom. The number of para-hydroxylation sites is 1. The van der Waals surface area contributed by atoms with Crippen LogP contribution in [-0.2, 0) is 0 Å². The highest BCUT2D eigenvalue weighted by molar-refractivity contribution is 7.19. The van der Waals surface area contributed by atoms with E-state index in [1.807, 2.05) is 18.2 Å². The minimum Gasteiger partial charge on any atom is -0.398 e. The summed E-state index contributed by atoms with van der Waals surface area (Å²) in [6, 6.07) is 9.09. The van der Waals surface area contributed by atoms with Crippen molar-refractivity contribution in [1.29, 1.82) is 0 Å². The first-order valence-electron chi connectivity index (χ1n) is 4.63. The summed E-state index contributed by atoms with van der Waals surface area (Å²) in [6.45, 7) is 0. The minimum absolute atomic E-state index is 0.350. The molecular formula is C11H11N3OS. The number of benzene rings is 1. The lowest BCUT2D eigenvalue weighted by Gasteiger charge is -2.00. The summed E-state index contributed by atoms with van der Waals surface area (Å²) < 4.78 is 0. The van der Waals surface area contributed by atoms with Crippen LogP contribution in [0.3, 0.4) is 0 Å². The zero-order valence-electron chi connectivity index (χ0n) is 8.44. The van der Waals surface area contributed by atoms with Gasteiger partial charge in [0.25, 0.3) is 5.91 Å². The molecule has 0 aliphatic heterocycles. The second kappa shape index (κ2) is 3.86. The first kappa shape index (κ1) is 10.5. The predicted molar refractivity (Wildman–Crippen MR) is 67.1 cm³/mol. The third-order valence-corrected chi connectivity index (χ3v) is 3.25. The standard InChI is InChI=1S/C11H11N3OS/c12-8-4-2-1-3-6(8)9-5-7(10(13)15)11(14)16-9/h1-5H,12,14H2,(H2,13,15). The molecule has 6 N–H and O–H groups in total. The molecule has 1 amide bonds. The Balaban J connectivity index is 2.54. The fourth-order valence-electron chi connectivity index (χ4n) is 1.45. The highest BCUT2D eigenvalue weighted by Crippen LogP contribution is 2.35. The maximum absolute atomic E-state index is 11.1. The fraction of sp³-hybridized carbons (Fsp3) is 0. The van der Waals surface area contributed by atoms with E-state index >= 15 is 0 Å². The van der Waals surface area contributed by atoms with Gasteiger partial charge < -0.3 is 17.2 Å². The molecule has 0 spiro atoms. The van der Waals surface area contributed by atoms with E-state index in [1.165, 1.54) is 11.3 Å². The first-order valence-corrected chi connectivity index (χ1v) is 5.45. The molecular weight excluding hydrogens is 222 g/mol. The number of carbonyl (C=O) groups is 1. The summed E-state index contributed by atoms with van der Waals surface area (Å²) in [5.74, 6) is -0.519. The zero-order valence-corrected chi connectivity index (χ0v) is 9.25. The summed E-state index contributed by atoms with van der Waals surface area (Å²) >= 11 is 1.31. The van der Waals surface area contributed by atoms with Gasteiger partial charge in [-0.25, -0.2) is 0 Å². The van der Waals surface area contributed by atoms with E-state index in [9.17, 15) is 4.79 Å². The largest absolute Gasteiger partial charge is 0.398 e. The maximum Gasteiger partial charge on any atom is 0.251 e. The molecule has 1 aromatic carbocycles. The molecule has 2 aromatic rings. The second-order valence-corrected chi connectivity index (χ2v) is 4.42. The van der Waals surface area contributed by atoms with Crippen LogP contribution in [-0.4, -0.2) is 5.91 Å². The molecule has 0 unspecified atom stereocenters. The quantitative estimate of drug-likeness (QED) is 0.688. The Bertz CT molecular complexity index is 548. The van der Waals surface area contributed by atoms with Gasteiger partial charge in [0.05, 0.1) is 10.6 Å². The van der Waals surface area contributed by atoms with Gasteiger partial charge in [-0.05, 0) is 12.1 Å². The normalized spacial score (nSPS) is 10.2. The highest BCUT2D eigenvalue weighted by Gasteiger charge is 2.13. The van der Waals surface area contributed by atoms with E-state index in [0.29, 0.717) is 16.3 Å². The van der Waals surface area contributed by atoms with E-state index in [2.05, 4.69) is 0 Å². The number of rotatable bonds is 2. The lowest BCUT2D eigenvalue weighted by Crippen LogP contribution is -2.11. The van der Waals surface area contributed by atoms with Gasteiger partial charge in [0, 0.05) is 16.1 Å². The molecule has 0 bridgehead atoms. The van der Waals surface area contributed by atoms with Crippen molar-refractivity contribution in [2.45, 2.75) is 0 Å². The molecule has 0 saturated heterocycles. The van der Waals surface area contributed by atoms with Crippen LogP contribution in [0.15, 0.2) is 30.3 Å². The van der Waals surface area contributed by atoms with Gasteiger partial charge >= 0.3 is 0 Å². The first-order chi connectivity index (χ1) is 7.59. The molecule has 82 valence electrons. The SMILES string of the molecule is NC(=O)c1cc(-c2ccccc2N)sc1N. The third kappa shape index (κ3) is 1.72. The van der Waals surface area contributed by atoms with Gasteiger partial charge in [0.15, 0.2) is 0 Å². The topological polar surface area (TPSA) is 95.1 Å². The van der Waals surface area contributed by atoms with Gasteiger partial charge in [0.1, 0.15) is 0 Å². The number of nitrogens with two attached hydrogens (primary N) is 3. The number of amides is 1. The second-order valence-electron chi connectivity index (χ2n) is 3.34. The van der Waals surface area contributed by atoms with Gasteiger partial charge in [-0.1, -0.05) is 18.2 Å². The van der Waals surface area contributed by atoms with E-state index < -0.39 is 5.91 Å². The molecule has 0 radical (unpaired) electrons. The van der Waals surface area contributed by atoms with Gasteiger partial charge in [-0.2, -0.15) is 0 Å². The average molecular weight is 233 g/mol. The van der Waals surface area contributed by atoms with Crippen molar-refractivity contribution in [2.75, 3.05) is 11.5 Å². The van der Waals surface area contributed by atoms with E-state index in [0.717, 1.165) is 10.4 Å². The summed E-state index contributed by atoms with van der Waals surface area (Å²) in [5, 5.41) is 0.422. The highest BCUT2D eigenvalue weighted by atomic mass is 32.1. The molecule has 0 aliphatic rings. The molecule has 16 heavy (non-hydrogen) atoms. The van der Waals surface area contributed by atoms with E-state index in [4.69, 9.17) is 17.2 Å². The van der Waals surface area contributed by atoms with Crippen molar-refractivity contribution in [2.24, 2.45) is 5.73 Å². The van der Waals surface area contributed by atoms with Crippen LogP contribution in [0.25, 0.3) is 10.4 Å². The Labute approximate surface area is 96.7 Å². The number of hydrogen-bond donors (Lipinski definition) is 3. The molecule has 0 atom stereocenters. The van der Waals surface area contributed by atoms with Crippen LogP contribution in [0.1, 0.15) is 10.4 Å². The number of primary amides is 1. The van der Waals surface area contributed by atoms with Crippen molar-refractivity contribution in [3.8, 4) is 10.4 Å². The monoisotopic (exact) mass is 233 g/mol.